The van der Waals surface area contributed by atoms with Gasteiger partial charge in [-0.15, -0.1) is 0 Å². The van der Waals surface area contributed by atoms with Crippen LogP contribution in [-0.2, 0) is 0 Å². The number of anilines is 6. The summed E-state index contributed by atoms with van der Waals surface area (Å²) in [4.78, 5) is 22.6. The van der Waals surface area contributed by atoms with Crippen LogP contribution in [0.4, 0.5) is 45.8 Å². The average molecular weight is 757 g/mol. The van der Waals surface area contributed by atoms with Gasteiger partial charge in [-0.25, -0.2) is 9.97 Å². The summed E-state index contributed by atoms with van der Waals surface area (Å²) >= 11 is 9.84. The summed E-state index contributed by atoms with van der Waals surface area (Å²) in [6, 6.07) is 49.8. The third kappa shape index (κ3) is 4.85. The molecule has 0 saturated heterocycles. The minimum absolute atomic E-state index is 0.246. The number of rotatable bonds is 5. The third-order valence-corrected chi connectivity index (χ3v) is 10.5. The van der Waals surface area contributed by atoms with E-state index >= 15 is 0 Å². The quantitative estimate of drug-likeness (QED) is 0.127. The van der Waals surface area contributed by atoms with Gasteiger partial charge in [-0.3, -0.25) is 0 Å². The lowest BCUT2D eigenvalue weighted by Crippen LogP contribution is -2.18. The van der Waals surface area contributed by atoms with Crippen molar-refractivity contribution in [2.75, 3.05) is 9.80 Å². The normalized spacial score (nSPS) is 12.5. The SMILES string of the molecule is S=C=Nc1nc2c(nc1N=C=S)-c1ccc(-c3cc(N4c5ccccc5Oc5ccccc54)cc(N4c5ccccc5Oc5ccccc54)c3)c3cccc-2c13. The van der Waals surface area contributed by atoms with E-state index in [1.165, 1.54) is 0 Å². The zero-order valence-electron chi connectivity index (χ0n) is 29.2. The molecule has 0 fully saturated rings. The Morgan fingerprint density at radius 2 is 0.893 bits per heavy atom. The molecule has 0 spiro atoms. The predicted octanol–water partition coefficient (Wildman–Crippen LogP) is 13.6. The number of fused-ring (bicyclic) bond motifs is 7. The van der Waals surface area contributed by atoms with Crippen LogP contribution in [0.5, 0.6) is 23.0 Å². The lowest BCUT2D eigenvalue weighted by Gasteiger charge is -2.36. The van der Waals surface area contributed by atoms with Crippen LogP contribution in [0.25, 0.3) is 44.4 Å². The minimum Gasteiger partial charge on any atom is -0.453 e. The van der Waals surface area contributed by atoms with Crippen molar-refractivity contribution in [2.24, 2.45) is 9.98 Å². The molecule has 262 valence electrons. The van der Waals surface area contributed by atoms with Gasteiger partial charge in [-0.2, -0.15) is 9.98 Å². The van der Waals surface area contributed by atoms with Crippen LogP contribution in [0, 0.1) is 0 Å². The van der Waals surface area contributed by atoms with Gasteiger partial charge < -0.3 is 19.3 Å². The van der Waals surface area contributed by atoms with Crippen molar-refractivity contribution in [1.82, 2.24) is 9.97 Å². The molecule has 0 amide bonds. The minimum atomic E-state index is 0.246. The first kappa shape index (κ1) is 32.1. The highest BCUT2D eigenvalue weighted by molar-refractivity contribution is 7.78. The number of nitrogens with zero attached hydrogens (tertiary/aromatic N) is 6. The van der Waals surface area contributed by atoms with Gasteiger partial charge in [0.25, 0.3) is 0 Å². The Morgan fingerprint density at radius 1 is 0.464 bits per heavy atom. The summed E-state index contributed by atoms with van der Waals surface area (Å²) in [6.45, 7) is 0. The molecule has 3 heterocycles. The molecule has 0 unspecified atom stereocenters. The highest BCUT2D eigenvalue weighted by Gasteiger charge is 2.31. The molecule has 8 aromatic rings. The Hall–Kier alpha value is -7.32. The smallest absolute Gasteiger partial charge is 0.209 e. The molecule has 0 atom stereocenters. The summed E-state index contributed by atoms with van der Waals surface area (Å²) in [5.41, 5.74) is 11.0. The Kier molecular flexibility index (Phi) is 7.25. The van der Waals surface area contributed by atoms with Gasteiger partial charge in [-0.1, -0.05) is 78.9 Å². The summed E-state index contributed by atoms with van der Waals surface area (Å²) in [6.07, 6.45) is 0. The Labute approximate surface area is 331 Å². The molecule has 11 rings (SSSR count). The van der Waals surface area contributed by atoms with Crippen molar-refractivity contribution >= 4 is 91.3 Å². The van der Waals surface area contributed by atoms with Crippen LogP contribution >= 0.6 is 24.4 Å². The van der Waals surface area contributed by atoms with Crippen LogP contribution in [-0.4, -0.2) is 20.3 Å². The van der Waals surface area contributed by atoms with Crippen molar-refractivity contribution in [3.8, 4) is 56.6 Å². The third-order valence-electron chi connectivity index (χ3n) is 10.3. The molecular formula is C46H24N6O2S2. The van der Waals surface area contributed by atoms with Gasteiger partial charge in [0.15, 0.2) is 23.0 Å². The van der Waals surface area contributed by atoms with Gasteiger partial charge in [0.2, 0.25) is 11.6 Å². The van der Waals surface area contributed by atoms with Crippen molar-refractivity contribution < 1.29 is 9.47 Å². The van der Waals surface area contributed by atoms with Gasteiger partial charge in [-0.05, 0) is 108 Å². The highest BCUT2D eigenvalue weighted by Crippen LogP contribution is 2.56. The van der Waals surface area contributed by atoms with Crippen LogP contribution in [0.1, 0.15) is 0 Å². The van der Waals surface area contributed by atoms with Gasteiger partial charge in [0.1, 0.15) is 0 Å². The van der Waals surface area contributed by atoms with E-state index in [1.807, 2.05) is 72.8 Å². The topological polar surface area (TPSA) is 75.4 Å². The van der Waals surface area contributed by atoms with E-state index in [0.29, 0.717) is 11.4 Å². The van der Waals surface area contributed by atoms with Gasteiger partial charge >= 0.3 is 0 Å². The number of thiocarbonyl (C=S) groups is 2. The first-order valence-corrected chi connectivity index (χ1v) is 18.6. The molecule has 1 aliphatic carbocycles. The van der Waals surface area contributed by atoms with Crippen molar-refractivity contribution in [3.63, 3.8) is 0 Å². The molecule has 10 heteroatoms. The number of isothiocyanates is 2. The maximum Gasteiger partial charge on any atom is 0.209 e. The zero-order valence-corrected chi connectivity index (χ0v) is 30.8. The average Bonchev–Trinajstić information content (AvgIpc) is 3.55. The number of para-hydroxylation sites is 8. The fraction of sp³-hybridized carbons (Fsp3) is 0. The second-order valence-corrected chi connectivity index (χ2v) is 13.7. The first-order chi connectivity index (χ1) is 27.7. The maximum absolute atomic E-state index is 6.44. The van der Waals surface area contributed by atoms with E-state index in [-0.39, 0.29) is 11.6 Å². The second-order valence-electron chi connectivity index (χ2n) is 13.3. The largest absolute Gasteiger partial charge is 0.453 e. The highest BCUT2D eigenvalue weighted by atomic mass is 32.1. The van der Waals surface area contributed by atoms with Crippen LogP contribution in [0.15, 0.2) is 156 Å². The number of aromatic nitrogens is 2. The van der Waals surface area contributed by atoms with E-state index in [1.54, 1.807) is 0 Å². The molecule has 1 aromatic heterocycles. The Balaban J connectivity index is 1.19. The number of hydrogen-bond donors (Lipinski definition) is 0. The summed E-state index contributed by atoms with van der Waals surface area (Å²) in [5, 5.41) is 6.89. The Bertz CT molecular complexity index is 2840. The van der Waals surface area contributed by atoms with Crippen LogP contribution in [0.3, 0.4) is 0 Å². The first-order valence-electron chi connectivity index (χ1n) is 17.8. The molecule has 56 heavy (non-hydrogen) atoms. The van der Waals surface area contributed by atoms with E-state index < -0.39 is 0 Å². The number of aliphatic imine (C=N–C) groups is 2. The lowest BCUT2D eigenvalue weighted by atomic mass is 9.93. The lowest BCUT2D eigenvalue weighted by molar-refractivity contribution is 0.477. The molecule has 0 bridgehead atoms. The van der Waals surface area contributed by atoms with E-state index in [4.69, 9.17) is 43.9 Å². The molecule has 0 radical (unpaired) electrons. The molecule has 0 N–H and O–H groups in total. The molecule has 3 aliphatic rings. The zero-order chi connectivity index (χ0) is 37.3. The van der Waals surface area contributed by atoms with Crippen molar-refractivity contribution in [2.45, 2.75) is 0 Å². The van der Waals surface area contributed by atoms with Crippen LogP contribution < -0.4 is 19.3 Å². The summed E-state index contributed by atoms with van der Waals surface area (Å²) in [5.74, 6) is 3.60. The molecule has 0 saturated carbocycles. The molecule has 8 nitrogen and oxygen atoms in total. The molecule has 7 aromatic carbocycles. The summed E-state index contributed by atoms with van der Waals surface area (Å²) < 4.78 is 12.9. The second kappa shape index (κ2) is 12.6. The fourth-order valence-electron chi connectivity index (χ4n) is 8.06. The van der Waals surface area contributed by atoms with Crippen molar-refractivity contribution in [1.29, 1.82) is 0 Å². The fourth-order valence-corrected chi connectivity index (χ4v) is 8.23. The van der Waals surface area contributed by atoms with E-state index in [9.17, 15) is 0 Å². The van der Waals surface area contributed by atoms with E-state index in [0.717, 1.165) is 90.1 Å². The number of ether oxygens (including phenoxy) is 2. The monoisotopic (exact) mass is 756 g/mol. The predicted molar refractivity (Wildman–Crippen MR) is 228 cm³/mol. The standard InChI is InChI=1S/C46H24N6O2S2/c55-25-47-45-46(48-26-56)50-44-33-21-20-30(31-10-9-11-32(42(31)33)43(44)49-45)27-22-28(51-34-12-1-5-16-38(34)53-39-17-6-2-13-35(39)51)24-29(23-27)52-36-14-3-7-18-40(36)54-41-19-8-4-15-37(41)52/h1-24H. The van der Waals surface area contributed by atoms with Gasteiger partial charge in [0.05, 0.1) is 44.5 Å². The van der Waals surface area contributed by atoms with Crippen molar-refractivity contribution in [3.05, 3.63) is 146 Å². The number of hydrogen-bond acceptors (Lipinski definition) is 10. The van der Waals surface area contributed by atoms with E-state index in [2.05, 4.69) is 103 Å². The molecular weight excluding hydrogens is 733 g/mol. The summed E-state index contributed by atoms with van der Waals surface area (Å²) in [7, 11) is 0. The van der Waals surface area contributed by atoms with Gasteiger partial charge in [0, 0.05) is 27.9 Å². The number of benzene rings is 7. The Morgan fingerprint density at radius 3 is 1.36 bits per heavy atom. The maximum atomic E-state index is 6.44. The van der Waals surface area contributed by atoms with Crippen LogP contribution in [0.2, 0.25) is 0 Å². The molecule has 2 aliphatic heterocycles.